The van der Waals surface area contributed by atoms with Gasteiger partial charge in [0.2, 0.25) is 0 Å². The van der Waals surface area contributed by atoms with Crippen molar-refractivity contribution in [1.29, 1.82) is 0 Å². The zero-order valence-corrected chi connectivity index (χ0v) is 13.9. The summed E-state index contributed by atoms with van der Waals surface area (Å²) in [5.74, 6) is -0.714. The van der Waals surface area contributed by atoms with E-state index in [1.54, 1.807) is 24.3 Å². The third kappa shape index (κ3) is 2.17. The van der Waals surface area contributed by atoms with E-state index in [1.807, 2.05) is 13.8 Å². The molecule has 0 spiro atoms. The van der Waals surface area contributed by atoms with E-state index < -0.39 is 17.2 Å². The summed E-state index contributed by atoms with van der Waals surface area (Å²) in [6.07, 6.45) is 1.85. The van der Waals surface area contributed by atoms with E-state index in [-0.39, 0.29) is 22.7 Å². The first-order chi connectivity index (χ1) is 10.8. The predicted molar refractivity (Wildman–Crippen MR) is 85.6 cm³/mol. The van der Waals surface area contributed by atoms with Gasteiger partial charge in [0.05, 0.1) is 10.6 Å². The molecule has 2 saturated carbocycles. The Balaban J connectivity index is 1.74. The first-order valence-corrected chi connectivity index (χ1v) is 8.07. The molecule has 2 unspecified atom stereocenters. The van der Waals surface area contributed by atoms with Crippen molar-refractivity contribution in [2.75, 3.05) is 0 Å². The van der Waals surface area contributed by atoms with Crippen molar-refractivity contribution < 1.29 is 14.4 Å². The maximum absolute atomic E-state index is 12.7. The van der Waals surface area contributed by atoms with Crippen molar-refractivity contribution in [3.8, 4) is 0 Å². The molecule has 23 heavy (non-hydrogen) atoms. The van der Waals surface area contributed by atoms with Crippen LogP contribution in [-0.4, -0.2) is 17.6 Å². The summed E-state index contributed by atoms with van der Waals surface area (Å²) in [6.45, 7) is 3.93. The lowest BCUT2D eigenvalue weighted by Crippen LogP contribution is -2.54. The Bertz CT molecular complexity index is 701. The number of benzene rings is 1. The Hall–Kier alpha value is -1.88. The number of amides is 2. The van der Waals surface area contributed by atoms with E-state index in [0.29, 0.717) is 17.9 Å². The molecule has 2 N–H and O–H groups in total. The highest BCUT2D eigenvalue weighted by Gasteiger charge is 2.68. The molecule has 0 aromatic heterocycles. The molecule has 2 aliphatic carbocycles. The van der Waals surface area contributed by atoms with Crippen LogP contribution in [0.5, 0.6) is 0 Å². The second-order valence-corrected chi connectivity index (χ2v) is 7.29. The van der Waals surface area contributed by atoms with E-state index in [9.17, 15) is 14.4 Å². The first-order valence-electron chi connectivity index (χ1n) is 7.69. The van der Waals surface area contributed by atoms with Gasteiger partial charge in [0.1, 0.15) is 11.2 Å². The van der Waals surface area contributed by atoms with Crippen LogP contribution in [0, 0.1) is 16.7 Å². The van der Waals surface area contributed by atoms with Crippen LogP contribution in [0.25, 0.3) is 0 Å². The van der Waals surface area contributed by atoms with Crippen LogP contribution in [0.1, 0.15) is 43.5 Å². The molecule has 0 saturated heterocycles. The Morgan fingerprint density at radius 3 is 2.48 bits per heavy atom. The van der Waals surface area contributed by atoms with Crippen LogP contribution in [0.15, 0.2) is 24.3 Å². The topological polar surface area (TPSA) is 75.3 Å². The maximum Gasteiger partial charge on any atom is 0.271 e. The van der Waals surface area contributed by atoms with Gasteiger partial charge >= 0.3 is 0 Å². The lowest BCUT2D eigenvalue weighted by molar-refractivity contribution is -0.145. The number of fused-ring (bicyclic) bond motifs is 2. The molecule has 1 aromatic carbocycles. The molecule has 0 radical (unpaired) electrons. The maximum atomic E-state index is 12.7. The molecule has 2 aliphatic rings. The zero-order chi connectivity index (χ0) is 16.8. The molecule has 0 aliphatic heterocycles. The normalized spacial score (nSPS) is 27.8. The van der Waals surface area contributed by atoms with E-state index in [1.165, 1.54) is 0 Å². The Morgan fingerprint density at radius 2 is 1.91 bits per heavy atom. The van der Waals surface area contributed by atoms with Crippen molar-refractivity contribution in [3.63, 3.8) is 0 Å². The molecule has 0 heterocycles. The molecule has 1 aromatic rings. The van der Waals surface area contributed by atoms with Crippen LogP contribution >= 0.6 is 11.6 Å². The van der Waals surface area contributed by atoms with E-state index in [2.05, 4.69) is 10.9 Å². The molecule has 2 bridgehead atoms. The lowest BCUT2D eigenvalue weighted by atomic mass is 9.68. The third-order valence-electron chi connectivity index (χ3n) is 5.69. The van der Waals surface area contributed by atoms with Crippen molar-refractivity contribution >= 4 is 29.2 Å². The predicted octanol–water partition coefficient (Wildman–Crippen LogP) is 2.50. The second kappa shape index (κ2) is 5.34. The standard InChI is InChI=1S/C17H19ClN2O3/c1-16(2)10-7-8-17(16,13(21)9-10)15(23)20-19-14(22)11-5-3-4-6-12(11)18/h3-6,10H,7-9H2,1-2H3,(H,19,22)(H,20,23). The van der Waals surface area contributed by atoms with Gasteiger partial charge in [0, 0.05) is 6.42 Å². The monoisotopic (exact) mass is 334 g/mol. The summed E-state index contributed by atoms with van der Waals surface area (Å²) in [4.78, 5) is 37.2. The number of hydrogen-bond acceptors (Lipinski definition) is 3. The van der Waals surface area contributed by atoms with Crippen molar-refractivity contribution in [2.24, 2.45) is 16.7 Å². The molecular weight excluding hydrogens is 316 g/mol. The minimum atomic E-state index is -1.04. The van der Waals surface area contributed by atoms with Gasteiger partial charge < -0.3 is 0 Å². The Morgan fingerprint density at radius 1 is 1.22 bits per heavy atom. The quantitative estimate of drug-likeness (QED) is 0.644. The van der Waals surface area contributed by atoms with Crippen molar-refractivity contribution in [3.05, 3.63) is 34.9 Å². The van der Waals surface area contributed by atoms with Gasteiger partial charge in [-0.3, -0.25) is 25.2 Å². The van der Waals surface area contributed by atoms with E-state index in [4.69, 9.17) is 11.6 Å². The minimum absolute atomic E-state index is 0.0248. The summed E-state index contributed by atoms with van der Waals surface area (Å²) in [5, 5.41) is 0.301. The van der Waals surface area contributed by atoms with Crippen LogP contribution in [0.3, 0.4) is 0 Å². The fourth-order valence-electron chi connectivity index (χ4n) is 4.14. The number of hydrazine groups is 1. The highest BCUT2D eigenvalue weighted by atomic mass is 35.5. The lowest BCUT2D eigenvalue weighted by Gasteiger charge is -2.34. The molecule has 3 rings (SSSR count). The number of nitrogens with one attached hydrogen (secondary N) is 2. The van der Waals surface area contributed by atoms with Crippen LogP contribution < -0.4 is 10.9 Å². The summed E-state index contributed by atoms with van der Waals surface area (Å²) in [5.41, 5.74) is 3.66. The number of carbonyl (C=O) groups excluding carboxylic acids is 3. The van der Waals surface area contributed by atoms with Crippen molar-refractivity contribution in [1.82, 2.24) is 10.9 Å². The molecule has 2 atom stereocenters. The van der Waals surface area contributed by atoms with Gasteiger partial charge in [0.15, 0.2) is 0 Å². The summed E-state index contributed by atoms with van der Waals surface area (Å²) in [6, 6.07) is 6.57. The largest absolute Gasteiger partial charge is 0.298 e. The van der Waals surface area contributed by atoms with E-state index >= 15 is 0 Å². The fraction of sp³-hybridized carbons (Fsp3) is 0.471. The summed E-state index contributed by atoms with van der Waals surface area (Å²) in [7, 11) is 0. The smallest absolute Gasteiger partial charge is 0.271 e. The van der Waals surface area contributed by atoms with Gasteiger partial charge in [-0.2, -0.15) is 0 Å². The minimum Gasteiger partial charge on any atom is -0.298 e. The Labute approximate surface area is 139 Å². The summed E-state index contributed by atoms with van der Waals surface area (Å²) < 4.78 is 0. The molecular formula is C17H19ClN2O3. The Kier molecular flexibility index (Phi) is 3.71. The third-order valence-corrected chi connectivity index (χ3v) is 6.02. The SMILES string of the molecule is CC1(C)C2CCC1(C(=O)NNC(=O)c1ccccc1Cl)C(=O)C2. The molecule has 6 heteroatoms. The second-order valence-electron chi connectivity index (χ2n) is 6.88. The van der Waals surface area contributed by atoms with Crippen molar-refractivity contribution in [2.45, 2.75) is 33.1 Å². The number of halogens is 1. The van der Waals surface area contributed by atoms with Gasteiger partial charge in [-0.1, -0.05) is 37.6 Å². The number of carbonyl (C=O) groups is 3. The highest BCUT2D eigenvalue weighted by molar-refractivity contribution is 6.33. The molecule has 2 fully saturated rings. The first kappa shape index (κ1) is 16.0. The highest BCUT2D eigenvalue weighted by Crippen LogP contribution is 2.63. The fourth-order valence-corrected chi connectivity index (χ4v) is 4.36. The van der Waals surface area contributed by atoms with E-state index in [0.717, 1.165) is 6.42 Å². The number of rotatable bonds is 2. The summed E-state index contributed by atoms with van der Waals surface area (Å²) >= 11 is 5.96. The zero-order valence-electron chi connectivity index (χ0n) is 13.1. The van der Waals surface area contributed by atoms with Gasteiger partial charge in [-0.05, 0) is 36.3 Å². The van der Waals surface area contributed by atoms with Crippen LogP contribution in [0.4, 0.5) is 0 Å². The number of ketones is 1. The average Bonchev–Trinajstić information content (AvgIpc) is 2.88. The van der Waals surface area contributed by atoms with Gasteiger partial charge in [-0.15, -0.1) is 0 Å². The molecule has 5 nitrogen and oxygen atoms in total. The van der Waals surface area contributed by atoms with Gasteiger partial charge in [0.25, 0.3) is 11.8 Å². The number of Topliss-reactive ketones (excluding diaryl/α,β-unsaturated/α-hetero) is 1. The van der Waals surface area contributed by atoms with Crippen LogP contribution in [-0.2, 0) is 9.59 Å². The molecule has 2 amide bonds. The van der Waals surface area contributed by atoms with Crippen LogP contribution in [0.2, 0.25) is 5.02 Å². The molecule has 122 valence electrons. The van der Waals surface area contributed by atoms with Gasteiger partial charge in [-0.25, -0.2) is 0 Å². The number of hydrogen-bond donors (Lipinski definition) is 2. The average molecular weight is 335 g/mol.